The summed E-state index contributed by atoms with van der Waals surface area (Å²) < 4.78 is 17.3. The molecule has 2 aromatic carbocycles. The van der Waals surface area contributed by atoms with Gasteiger partial charge >= 0.3 is 0 Å². The van der Waals surface area contributed by atoms with Gasteiger partial charge in [0.15, 0.2) is 17.1 Å². The molecule has 2 rings (SSSR count). The van der Waals surface area contributed by atoms with Crippen LogP contribution in [-0.2, 0) is 10.3 Å². The fourth-order valence-electron chi connectivity index (χ4n) is 2.59. The average Bonchev–Trinajstić information content (AvgIpc) is 2.58. The third-order valence-electron chi connectivity index (χ3n) is 4.00. The first-order valence-corrected chi connectivity index (χ1v) is 8.22. The molecule has 0 heterocycles. The van der Waals surface area contributed by atoms with Gasteiger partial charge in [0.1, 0.15) is 6.10 Å². The molecule has 0 spiro atoms. The molecule has 2 N–H and O–H groups in total. The molecule has 2 unspecified atom stereocenters. The maximum Gasteiger partial charge on any atom is 0.162 e. The minimum atomic E-state index is -0.883. The lowest BCUT2D eigenvalue weighted by molar-refractivity contribution is -0.0646. The molecule has 0 radical (unpaired) electrons. The van der Waals surface area contributed by atoms with Crippen LogP contribution in [0.5, 0.6) is 11.5 Å². The first kappa shape index (κ1) is 18.9. The van der Waals surface area contributed by atoms with Crippen molar-refractivity contribution in [3.63, 3.8) is 0 Å². The molecule has 0 amide bonds. The Kier molecular flexibility index (Phi) is 6.35. The van der Waals surface area contributed by atoms with E-state index in [-0.39, 0.29) is 6.54 Å². The lowest BCUT2D eigenvalue weighted by Crippen LogP contribution is -2.47. The predicted molar refractivity (Wildman–Crippen MR) is 97.3 cm³/mol. The molecule has 0 saturated carbocycles. The zero-order chi connectivity index (χ0) is 17.7. The number of hydrogen-bond acceptors (Lipinski definition) is 4. The van der Waals surface area contributed by atoms with Crippen LogP contribution in [0.4, 0.5) is 0 Å². The number of methoxy groups -OCH3 is 2. The van der Waals surface area contributed by atoms with Crippen LogP contribution in [0.15, 0.2) is 42.5 Å². The summed E-state index contributed by atoms with van der Waals surface area (Å²) in [7, 11) is 3.19. The molecule has 0 aliphatic carbocycles. The van der Waals surface area contributed by atoms with Gasteiger partial charge in [-0.1, -0.05) is 41.4 Å². The summed E-state index contributed by atoms with van der Waals surface area (Å²) in [5, 5.41) is 0.915. The van der Waals surface area contributed by atoms with Crippen molar-refractivity contribution in [2.75, 3.05) is 20.8 Å². The summed E-state index contributed by atoms with van der Waals surface area (Å²) in [5.74, 6) is 1.21. The largest absolute Gasteiger partial charge is 0.493 e. The third-order valence-corrected chi connectivity index (χ3v) is 4.74. The van der Waals surface area contributed by atoms with Gasteiger partial charge in [-0.15, -0.1) is 0 Å². The fraction of sp³-hybridized carbons (Fsp3) is 0.333. The molecule has 0 aliphatic rings. The van der Waals surface area contributed by atoms with Gasteiger partial charge in [0, 0.05) is 13.7 Å². The molecule has 0 aromatic heterocycles. The number of hydrogen-bond donors (Lipinski definition) is 1. The summed E-state index contributed by atoms with van der Waals surface area (Å²) >= 11 is 12.2. The van der Waals surface area contributed by atoms with Crippen LogP contribution >= 0.6 is 23.2 Å². The quantitative estimate of drug-likeness (QED) is 0.791. The van der Waals surface area contributed by atoms with Crippen molar-refractivity contribution in [1.29, 1.82) is 0 Å². The van der Waals surface area contributed by atoms with Crippen LogP contribution < -0.4 is 15.2 Å². The number of para-hydroxylation sites is 2. The van der Waals surface area contributed by atoms with Crippen molar-refractivity contribution in [2.45, 2.75) is 18.6 Å². The summed E-state index contributed by atoms with van der Waals surface area (Å²) in [6.45, 7) is 2.17. The van der Waals surface area contributed by atoms with Crippen molar-refractivity contribution in [3.05, 3.63) is 58.1 Å². The summed E-state index contributed by atoms with van der Waals surface area (Å²) in [4.78, 5) is 0. The van der Waals surface area contributed by atoms with E-state index in [1.807, 2.05) is 37.3 Å². The van der Waals surface area contributed by atoms with Gasteiger partial charge in [0.2, 0.25) is 0 Å². The van der Waals surface area contributed by atoms with Crippen molar-refractivity contribution >= 4 is 23.2 Å². The number of benzene rings is 2. The van der Waals surface area contributed by atoms with Gasteiger partial charge in [-0.25, -0.2) is 0 Å². The van der Waals surface area contributed by atoms with E-state index in [4.69, 9.17) is 43.1 Å². The Labute approximate surface area is 152 Å². The zero-order valence-electron chi connectivity index (χ0n) is 13.9. The lowest BCUT2D eigenvalue weighted by atomic mass is 9.89. The standard InChI is InChI=1S/C18H21Cl2NO3/c1-18(17(11-21)23-3,12-8-9-13(19)14(20)10-12)24-16-7-5-4-6-15(16)22-2/h4-10,17H,11,21H2,1-3H3. The average molecular weight is 370 g/mol. The minimum Gasteiger partial charge on any atom is -0.493 e. The second kappa shape index (κ2) is 8.08. The highest BCUT2D eigenvalue weighted by Crippen LogP contribution is 2.38. The van der Waals surface area contributed by atoms with Crippen molar-refractivity contribution in [3.8, 4) is 11.5 Å². The first-order chi connectivity index (χ1) is 11.5. The van der Waals surface area contributed by atoms with Crippen LogP contribution in [-0.4, -0.2) is 26.9 Å². The molecule has 0 bridgehead atoms. The van der Waals surface area contributed by atoms with Gasteiger partial charge in [-0.05, 0) is 36.8 Å². The second-order valence-corrected chi connectivity index (χ2v) is 6.26. The van der Waals surface area contributed by atoms with Crippen LogP contribution in [0.2, 0.25) is 10.0 Å². The highest BCUT2D eigenvalue weighted by Gasteiger charge is 2.39. The number of halogens is 2. The van der Waals surface area contributed by atoms with Crippen LogP contribution in [0, 0.1) is 0 Å². The predicted octanol–water partition coefficient (Wildman–Crippen LogP) is 4.27. The topological polar surface area (TPSA) is 53.7 Å². The third kappa shape index (κ3) is 3.78. The Hall–Kier alpha value is -1.46. The Bertz CT molecular complexity index is 692. The fourth-order valence-corrected chi connectivity index (χ4v) is 2.89. The Morgan fingerprint density at radius 2 is 1.71 bits per heavy atom. The van der Waals surface area contributed by atoms with Crippen molar-refractivity contribution in [2.24, 2.45) is 5.73 Å². The van der Waals surface area contributed by atoms with E-state index >= 15 is 0 Å². The van der Waals surface area contributed by atoms with E-state index in [9.17, 15) is 0 Å². The molecule has 2 aromatic rings. The lowest BCUT2D eigenvalue weighted by Gasteiger charge is -2.37. The van der Waals surface area contributed by atoms with Crippen LogP contribution in [0.3, 0.4) is 0 Å². The maximum absolute atomic E-state index is 6.32. The van der Waals surface area contributed by atoms with E-state index in [0.717, 1.165) is 5.56 Å². The molecular formula is C18H21Cl2NO3. The Balaban J connectivity index is 2.52. The smallest absolute Gasteiger partial charge is 0.162 e. The number of ether oxygens (including phenoxy) is 3. The molecule has 6 heteroatoms. The second-order valence-electron chi connectivity index (χ2n) is 5.45. The molecule has 0 aliphatic heterocycles. The maximum atomic E-state index is 6.32. The Morgan fingerprint density at radius 1 is 1.04 bits per heavy atom. The van der Waals surface area contributed by atoms with Gasteiger partial charge in [-0.2, -0.15) is 0 Å². The van der Waals surface area contributed by atoms with E-state index in [1.54, 1.807) is 26.4 Å². The molecule has 4 nitrogen and oxygen atoms in total. The molecule has 2 atom stereocenters. The van der Waals surface area contributed by atoms with Gasteiger partial charge in [0.05, 0.1) is 17.2 Å². The van der Waals surface area contributed by atoms with E-state index in [1.165, 1.54) is 0 Å². The monoisotopic (exact) mass is 369 g/mol. The molecular weight excluding hydrogens is 349 g/mol. The van der Waals surface area contributed by atoms with Gasteiger partial charge in [-0.3, -0.25) is 0 Å². The highest BCUT2D eigenvalue weighted by atomic mass is 35.5. The first-order valence-electron chi connectivity index (χ1n) is 7.46. The van der Waals surface area contributed by atoms with E-state index < -0.39 is 11.7 Å². The molecule has 0 saturated heterocycles. The SMILES string of the molecule is COc1ccccc1OC(C)(c1ccc(Cl)c(Cl)c1)C(CN)OC. The van der Waals surface area contributed by atoms with Crippen LogP contribution in [0.1, 0.15) is 12.5 Å². The molecule has 0 fully saturated rings. The summed E-state index contributed by atoms with van der Waals surface area (Å²) in [6, 6.07) is 12.8. The van der Waals surface area contributed by atoms with Crippen LogP contribution in [0.25, 0.3) is 0 Å². The molecule has 130 valence electrons. The molecule has 24 heavy (non-hydrogen) atoms. The number of nitrogens with two attached hydrogens (primary N) is 1. The van der Waals surface area contributed by atoms with Gasteiger partial charge < -0.3 is 19.9 Å². The normalized spacial score (nSPS) is 14.8. The van der Waals surface area contributed by atoms with Crippen molar-refractivity contribution in [1.82, 2.24) is 0 Å². The summed E-state index contributed by atoms with van der Waals surface area (Å²) in [5.41, 5.74) is 5.83. The van der Waals surface area contributed by atoms with Crippen molar-refractivity contribution < 1.29 is 14.2 Å². The van der Waals surface area contributed by atoms with E-state index in [0.29, 0.717) is 21.5 Å². The van der Waals surface area contributed by atoms with E-state index in [2.05, 4.69) is 0 Å². The minimum absolute atomic E-state index is 0.266. The zero-order valence-corrected chi connectivity index (χ0v) is 15.4. The van der Waals surface area contributed by atoms with Gasteiger partial charge in [0.25, 0.3) is 0 Å². The number of rotatable bonds is 7. The Morgan fingerprint density at radius 3 is 2.25 bits per heavy atom. The summed E-state index contributed by atoms with van der Waals surface area (Å²) in [6.07, 6.45) is -0.403. The highest BCUT2D eigenvalue weighted by molar-refractivity contribution is 6.42.